The number of furan rings is 1. The van der Waals surface area contributed by atoms with E-state index < -0.39 is 0 Å². The van der Waals surface area contributed by atoms with Gasteiger partial charge in [0.05, 0.1) is 6.26 Å². The molecule has 0 aliphatic heterocycles. The first kappa shape index (κ1) is 16.2. The number of fused-ring (bicyclic) bond motifs is 1. The Balaban J connectivity index is 1.79. The van der Waals surface area contributed by atoms with Gasteiger partial charge in [0.2, 0.25) is 11.7 Å². The third-order valence-corrected chi connectivity index (χ3v) is 4.05. The number of hydrogen-bond acceptors (Lipinski definition) is 7. The van der Waals surface area contributed by atoms with Crippen molar-refractivity contribution in [2.24, 2.45) is 7.05 Å². The van der Waals surface area contributed by atoms with E-state index in [0.29, 0.717) is 28.9 Å². The Morgan fingerprint density at radius 1 is 1.23 bits per heavy atom. The van der Waals surface area contributed by atoms with Crippen molar-refractivity contribution in [2.75, 3.05) is 0 Å². The Labute approximate surface area is 149 Å². The van der Waals surface area contributed by atoms with Crippen molar-refractivity contribution in [1.29, 1.82) is 0 Å². The lowest BCUT2D eigenvalue weighted by Gasteiger charge is -2.21. The molecule has 4 rings (SSSR count). The summed E-state index contributed by atoms with van der Waals surface area (Å²) in [6.07, 6.45) is 3.08. The third kappa shape index (κ3) is 2.81. The first-order valence-corrected chi connectivity index (χ1v) is 8.20. The molecular formula is C17H19N7O2. The molecule has 0 spiro atoms. The summed E-state index contributed by atoms with van der Waals surface area (Å²) in [5, 5.41) is 17.1. The number of rotatable bonds is 4. The lowest BCUT2D eigenvalue weighted by molar-refractivity contribution is 0.266. The van der Waals surface area contributed by atoms with Gasteiger partial charge in [-0.05, 0) is 23.6 Å². The monoisotopic (exact) mass is 353 g/mol. The molecule has 0 amide bonds. The van der Waals surface area contributed by atoms with E-state index in [2.05, 4.69) is 46.1 Å². The Morgan fingerprint density at radius 2 is 2.08 bits per heavy atom. The second-order valence-electron chi connectivity index (χ2n) is 6.97. The van der Waals surface area contributed by atoms with E-state index in [9.17, 15) is 0 Å². The maximum atomic E-state index is 6.00. The number of aromatic nitrogens is 7. The van der Waals surface area contributed by atoms with Gasteiger partial charge < -0.3 is 9.15 Å². The molecule has 4 aromatic heterocycles. The van der Waals surface area contributed by atoms with Crippen molar-refractivity contribution in [1.82, 2.24) is 34.6 Å². The maximum Gasteiger partial charge on any atom is 0.236 e. The molecule has 0 fully saturated rings. The van der Waals surface area contributed by atoms with Gasteiger partial charge in [0.25, 0.3) is 0 Å². The molecule has 0 radical (unpaired) electrons. The second kappa shape index (κ2) is 5.94. The highest BCUT2D eigenvalue weighted by Gasteiger charge is 2.24. The van der Waals surface area contributed by atoms with E-state index >= 15 is 0 Å². The number of aryl methyl sites for hydroxylation is 1. The molecule has 134 valence electrons. The molecule has 0 saturated heterocycles. The fraction of sp³-hybridized carbons (Fsp3) is 0.353. The zero-order valence-electron chi connectivity index (χ0n) is 15.0. The molecule has 0 aliphatic carbocycles. The summed E-state index contributed by atoms with van der Waals surface area (Å²) in [4.78, 5) is 4.19. The van der Waals surface area contributed by atoms with Crippen LogP contribution < -0.4 is 4.74 Å². The first-order valence-electron chi connectivity index (χ1n) is 8.20. The normalized spacial score (nSPS) is 12.0. The average Bonchev–Trinajstić information content (AvgIpc) is 3.31. The topological polar surface area (TPSA) is 96.2 Å². The van der Waals surface area contributed by atoms with Crippen LogP contribution in [0.15, 0.2) is 35.2 Å². The lowest BCUT2D eigenvalue weighted by Crippen LogP contribution is -2.17. The largest absolute Gasteiger partial charge is 0.468 e. The minimum atomic E-state index is -0.180. The van der Waals surface area contributed by atoms with Crippen LogP contribution in [0.1, 0.15) is 32.2 Å². The fourth-order valence-corrected chi connectivity index (χ4v) is 2.60. The molecule has 4 aromatic rings. The quantitative estimate of drug-likeness (QED) is 0.556. The van der Waals surface area contributed by atoms with Crippen molar-refractivity contribution < 1.29 is 9.15 Å². The second-order valence-corrected chi connectivity index (χ2v) is 6.97. The molecule has 26 heavy (non-hydrogen) atoms. The van der Waals surface area contributed by atoms with Crippen LogP contribution in [0, 0.1) is 0 Å². The van der Waals surface area contributed by atoms with Gasteiger partial charge in [-0.25, -0.2) is 4.98 Å². The lowest BCUT2D eigenvalue weighted by atomic mass is 9.88. The zero-order chi connectivity index (χ0) is 18.3. The minimum absolute atomic E-state index is 0.180. The SMILES string of the molecule is Cn1ncnc1COc1nn2c(-c3ccco3)nnc2cc1C(C)(C)C. The fourth-order valence-electron chi connectivity index (χ4n) is 2.60. The predicted octanol–water partition coefficient (Wildman–Crippen LogP) is 2.39. The highest BCUT2D eigenvalue weighted by atomic mass is 16.5. The van der Waals surface area contributed by atoms with Gasteiger partial charge in [-0.15, -0.1) is 15.3 Å². The molecular weight excluding hydrogens is 334 g/mol. The van der Waals surface area contributed by atoms with Gasteiger partial charge in [0.15, 0.2) is 17.2 Å². The van der Waals surface area contributed by atoms with Crippen LogP contribution in [0.4, 0.5) is 0 Å². The van der Waals surface area contributed by atoms with Gasteiger partial charge in [-0.1, -0.05) is 20.8 Å². The van der Waals surface area contributed by atoms with E-state index in [4.69, 9.17) is 9.15 Å². The van der Waals surface area contributed by atoms with Gasteiger partial charge in [-0.3, -0.25) is 4.68 Å². The third-order valence-electron chi connectivity index (χ3n) is 4.05. The number of hydrogen-bond donors (Lipinski definition) is 0. The molecule has 0 saturated carbocycles. The summed E-state index contributed by atoms with van der Waals surface area (Å²) in [5.41, 5.74) is 1.39. The van der Waals surface area contributed by atoms with E-state index in [0.717, 1.165) is 5.56 Å². The molecule has 9 nitrogen and oxygen atoms in total. The van der Waals surface area contributed by atoms with Crippen LogP contribution in [0.5, 0.6) is 5.88 Å². The Bertz CT molecular complexity index is 1040. The summed E-state index contributed by atoms with van der Waals surface area (Å²) < 4.78 is 14.7. The summed E-state index contributed by atoms with van der Waals surface area (Å²) in [7, 11) is 1.82. The summed E-state index contributed by atoms with van der Waals surface area (Å²) in [6.45, 7) is 6.55. The van der Waals surface area contributed by atoms with Crippen molar-refractivity contribution in [3.63, 3.8) is 0 Å². The molecule has 0 N–H and O–H groups in total. The van der Waals surface area contributed by atoms with Crippen molar-refractivity contribution in [2.45, 2.75) is 32.8 Å². The summed E-state index contributed by atoms with van der Waals surface area (Å²) in [5.74, 6) is 2.32. The van der Waals surface area contributed by atoms with E-state index in [-0.39, 0.29) is 12.0 Å². The summed E-state index contributed by atoms with van der Waals surface area (Å²) >= 11 is 0. The van der Waals surface area contributed by atoms with Crippen LogP contribution in [0.2, 0.25) is 0 Å². The molecule has 0 aromatic carbocycles. The van der Waals surface area contributed by atoms with Crippen LogP contribution >= 0.6 is 0 Å². The van der Waals surface area contributed by atoms with Gasteiger partial charge in [0.1, 0.15) is 12.9 Å². The minimum Gasteiger partial charge on any atom is -0.468 e. The molecule has 0 unspecified atom stereocenters. The van der Waals surface area contributed by atoms with Gasteiger partial charge in [-0.2, -0.15) is 9.61 Å². The van der Waals surface area contributed by atoms with Crippen molar-refractivity contribution >= 4 is 5.65 Å². The summed E-state index contributed by atoms with van der Waals surface area (Å²) in [6, 6.07) is 5.56. The predicted molar refractivity (Wildman–Crippen MR) is 92.5 cm³/mol. The Kier molecular flexibility index (Phi) is 3.71. The van der Waals surface area contributed by atoms with Crippen LogP contribution in [-0.2, 0) is 19.1 Å². The Hall–Kier alpha value is -3.23. The highest BCUT2D eigenvalue weighted by molar-refractivity contribution is 5.55. The van der Waals surface area contributed by atoms with E-state index in [1.807, 2.05) is 19.2 Å². The van der Waals surface area contributed by atoms with Crippen LogP contribution in [-0.4, -0.2) is 34.6 Å². The van der Waals surface area contributed by atoms with Crippen molar-refractivity contribution in [3.8, 4) is 17.5 Å². The van der Waals surface area contributed by atoms with E-state index in [1.165, 1.54) is 6.33 Å². The van der Waals surface area contributed by atoms with Gasteiger partial charge >= 0.3 is 0 Å². The highest BCUT2D eigenvalue weighted by Crippen LogP contribution is 2.32. The molecule has 0 aliphatic rings. The van der Waals surface area contributed by atoms with Gasteiger partial charge in [0, 0.05) is 12.6 Å². The molecule has 9 heteroatoms. The van der Waals surface area contributed by atoms with Crippen LogP contribution in [0.3, 0.4) is 0 Å². The standard InChI is InChI=1S/C17H19N7O2/c1-17(2,3)11-8-13-20-21-15(12-6-5-7-25-12)24(13)22-16(11)26-9-14-18-10-19-23(14)4/h5-8,10H,9H2,1-4H3. The Morgan fingerprint density at radius 3 is 2.73 bits per heavy atom. The first-order chi connectivity index (χ1) is 12.4. The number of ether oxygens (including phenoxy) is 1. The average molecular weight is 353 g/mol. The zero-order valence-corrected chi connectivity index (χ0v) is 15.0. The van der Waals surface area contributed by atoms with Crippen LogP contribution in [0.25, 0.3) is 17.2 Å². The molecule has 0 bridgehead atoms. The number of nitrogens with zero attached hydrogens (tertiary/aromatic N) is 7. The molecule has 4 heterocycles. The maximum absolute atomic E-state index is 6.00. The smallest absolute Gasteiger partial charge is 0.236 e. The van der Waals surface area contributed by atoms with E-state index in [1.54, 1.807) is 21.5 Å². The van der Waals surface area contributed by atoms with Crippen molar-refractivity contribution in [3.05, 3.63) is 42.2 Å². The molecule has 0 atom stereocenters.